The van der Waals surface area contributed by atoms with Crippen LogP contribution in [0.3, 0.4) is 0 Å². The van der Waals surface area contributed by atoms with Gasteiger partial charge in [-0.1, -0.05) is 48.0 Å². The number of hydrogen-bond donors (Lipinski definition) is 0. The van der Waals surface area contributed by atoms with Gasteiger partial charge in [0.25, 0.3) is 0 Å². The molecule has 2 heteroatoms. The quantitative estimate of drug-likeness (QED) is 0.805. The predicted molar refractivity (Wildman–Crippen MR) is 74.7 cm³/mol. The first-order valence-electron chi connectivity index (χ1n) is 6.04. The topological polar surface area (TPSA) is 20.3 Å². The molecule has 0 spiro atoms. The smallest absolute Gasteiger partial charge is 0.231 e. The molecule has 0 unspecified atom stereocenters. The first kappa shape index (κ1) is 12.4. The van der Waals surface area contributed by atoms with Crippen LogP contribution in [0.15, 0.2) is 54.6 Å². The van der Waals surface area contributed by atoms with E-state index in [0.717, 1.165) is 11.3 Å². The highest BCUT2D eigenvalue weighted by Crippen LogP contribution is 2.14. The van der Waals surface area contributed by atoms with E-state index in [4.69, 9.17) is 0 Å². The molecule has 0 saturated heterocycles. The van der Waals surface area contributed by atoms with Crippen LogP contribution < -0.4 is 4.90 Å². The molecular formula is C16H17NO. The molecule has 0 N–H and O–H groups in total. The Bertz CT molecular complexity index is 517. The number of hydrogen-bond acceptors (Lipinski definition) is 1. The molecule has 2 aromatic rings. The molecule has 0 heterocycles. The molecule has 1 amide bonds. The van der Waals surface area contributed by atoms with Crippen LogP contribution in [0.25, 0.3) is 0 Å². The van der Waals surface area contributed by atoms with Crippen molar-refractivity contribution < 1.29 is 4.79 Å². The number of likely N-dealkylation sites (N-methyl/N-ethyl adjacent to an activating group) is 1. The van der Waals surface area contributed by atoms with Crippen molar-refractivity contribution in [3.05, 3.63) is 65.7 Å². The zero-order valence-corrected chi connectivity index (χ0v) is 10.8. The second kappa shape index (κ2) is 5.50. The number of nitrogens with zero attached hydrogens (tertiary/aromatic N) is 1. The number of anilines is 1. The average molecular weight is 239 g/mol. The summed E-state index contributed by atoms with van der Waals surface area (Å²) in [5, 5.41) is 0. The summed E-state index contributed by atoms with van der Waals surface area (Å²) >= 11 is 0. The molecule has 0 radical (unpaired) electrons. The number of carbonyl (C=O) groups excluding carboxylic acids is 1. The minimum absolute atomic E-state index is 0.102. The van der Waals surface area contributed by atoms with Crippen LogP contribution in [-0.2, 0) is 11.2 Å². The molecule has 92 valence electrons. The Balaban J connectivity index is 2.07. The first-order chi connectivity index (χ1) is 8.66. The van der Waals surface area contributed by atoms with Gasteiger partial charge in [-0.2, -0.15) is 0 Å². The van der Waals surface area contributed by atoms with Crippen molar-refractivity contribution in [3.63, 3.8) is 0 Å². The number of carbonyl (C=O) groups is 1. The summed E-state index contributed by atoms with van der Waals surface area (Å²) in [7, 11) is 1.82. The fourth-order valence-electron chi connectivity index (χ4n) is 1.80. The lowest BCUT2D eigenvalue weighted by Gasteiger charge is -2.17. The monoisotopic (exact) mass is 239 g/mol. The zero-order chi connectivity index (χ0) is 13.0. The molecule has 0 saturated carbocycles. The molecule has 0 aliphatic carbocycles. The molecule has 18 heavy (non-hydrogen) atoms. The van der Waals surface area contributed by atoms with Crippen molar-refractivity contribution in [2.45, 2.75) is 13.3 Å². The third-order valence-electron chi connectivity index (χ3n) is 2.99. The van der Waals surface area contributed by atoms with E-state index in [0.29, 0.717) is 6.42 Å². The van der Waals surface area contributed by atoms with Gasteiger partial charge in [0.1, 0.15) is 0 Å². The lowest BCUT2D eigenvalue weighted by Crippen LogP contribution is -2.27. The van der Waals surface area contributed by atoms with Gasteiger partial charge >= 0.3 is 0 Å². The van der Waals surface area contributed by atoms with Crippen LogP contribution in [0, 0.1) is 6.92 Å². The number of aryl methyl sites for hydroxylation is 1. The summed E-state index contributed by atoms with van der Waals surface area (Å²) < 4.78 is 0. The Morgan fingerprint density at radius 2 is 1.61 bits per heavy atom. The second-order valence-electron chi connectivity index (χ2n) is 4.45. The molecule has 0 bridgehead atoms. The van der Waals surface area contributed by atoms with E-state index in [1.54, 1.807) is 4.90 Å². The van der Waals surface area contributed by atoms with Crippen molar-refractivity contribution in [2.75, 3.05) is 11.9 Å². The maximum absolute atomic E-state index is 12.1. The Hall–Kier alpha value is -2.09. The zero-order valence-electron chi connectivity index (χ0n) is 10.8. The fraction of sp³-hybridized carbons (Fsp3) is 0.188. The molecule has 2 aromatic carbocycles. The van der Waals surface area contributed by atoms with Gasteiger partial charge in [0, 0.05) is 12.7 Å². The van der Waals surface area contributed by atoms with E-state index in [-0.39, 0.29) is 5.91 Å². The number of amides is 1. The molecule has 0 fully saturated rings. The SMILES string of the molecule is Cc1ccc(N(C)C(=O)Cc2ccccc2)cc1. The van der Waals surface area contributed by atoms with E-state index >= 15 is 0 Å². The molecule has 0 atom stereocenters. The van der Waals surface area contributed by atoms with E-state index < -0.39 is 0 Å². The van der Waals surface area contributed by atoms with Gasteiger partial charge in [0.2, 0.25) is 5.91 Å². The fourth-order valence-corrected chi connectivity index (χ4v) is 1.80. The van der Waals surface area contributed by atoms with Gasteiger partial charge in [0.15, 0.2) is 0 Å². The predicted octanol–water partition coefficient (Wildman–Crippen LogP) is 3.20. The maximum atomic E-state index is 12.1. The van der Waals surface area contributed by atoms with Gasteiger partial charge in [-0.05, 0) is 24.6 Å². The molecule has 2 nitrogen and oxygen atoms in total. The summed E-state index contributed by atoms with van der Waals surface area (Å²) in [6, 6.07) is 17.8. The van der Waals surface area contributed by atoms with Crippen LogP contribution in [-0.4, -0.2) is 13.0 Å². The normalized spacial score (nSPS) is 10.1. The minimum atomic E-state index is 0.102. The van der Waals surface area contributed by atoms with Crippen molar-refractivity contribution in [1.29, 1.82) is 0 Å². The Kier molecular flexibility index (Phi) is 3.78. The van der Waals surface area contributed by atoms with Crippen LogP contribution in [0.2, 0.25) is 0 Å². The second-order valence-corrected chi connectivity index (χ2v) is 4.45. The average Bonchev–Trinajstić information content (AvgIpc) is 2.40. The van der Waals surface area contributed by atoms with Crippen molar-refractivity contribution in [3.8, 4) is 0 Å². The molecular weight excluding hydrogens is 222 g/mol. The molecule has 0 aliphatic rings. The highest BCUT2D eigenvalue weighted by molar-refractivity contribution is 5.94. The highest BCUT2D eigenvalue weighted by atomic mass is 16.2. The number of benzene rings is 2. The van der Waals surface area contributed by atoms with Crippen LogP contribution in [0.1, 0.15) is 11.1 Å². The van der Waals surface area contributed by atoms with Crippen molar-refractivity contribution >= 4 is 11.6 Å². The van der Waals surface area contributed by atoms with Gasteiger partial charge in [0.05, 0.1) is 6.42 Å². The lowest BCUT2D eigenvalue weighted by molar-refractivity contribution is -0.117. The largest absolute Gasteiger partial charge is 0.315 e. The van der Waals surface area contributed by atoms with Gasteiger partial charge in [-0.25, -0.2) is 0 Å². The standard InChI is InChI=1S/C16H17NO/c1-13-8-10-15(11-9-13)17(2)16(18)12-14-6-4-3-5-7-14/h3-11H,12H2,1-2H3. The van der Waals surface area contributed by atoms with E-state index in [2.05, 4.69) is 0 Å². The summed E-state index contributed by atoms with van der Waals surface area (Å²) in [5.74, 6) is 0.102. The first-order valence-corrected chi connectivity index (χ1v) is 6.04. The third kappa shape index (κ3) is 2.98. The molecule has 0 aliphatic heterocycles. The van der Waals surface area contributed by atoms with Gasteiger partial charge < -0.3 is 4.90 Å². The maximum Gasteiger partial charge on any atom is 0.231 e. The van der Waals surface area contributed by atoms with E-state index in [1.165, 1.54) is 5.56 Å². The highest BCUT2D eigenvalue weighted by Gasteiger charge is 2.10. The lowest BCUT2D eigenvalue weighted by atomic mass is 10.1. The Labute approximate surface area is 108 Å². The summed E-state index contributed by atoms with van der Waals surface area (Å²) in [5.41, 5.74) is 3.17. The van der Waals surface area contributed by atoms with E-state index in [1.807, 2.05) is 68.6 Å². The molecule has 2 rings (SSSR count). The summed E-state index contributed by atoms with van der Waals surface area (Å²) in [4.78, 5) is 13.8. The Morgan fingerprint density at radius 1 is 1.00 bits per heavy atom. The van der Waals surface area contributed by atoms with Gasteiger partial charge in [-0.15, -0.1) is 0 Å². The summed E-state index contributed by atoms with van der Waals surface area (Å²) in [6.07, 6.45) is 0.436. The van der Waals surface area contributed by atoms with Crippen LogP contribution in [0.5, 0.6) is 0 Å². The minimum Gasteiger partial charge on any atom is -0.315 e. The van der Waals surface area contributed by atoms with Crippen LogP contribution in [0.4, 0.5) is 5.69 Å². The Morgan fingerprint density at radius 3 is 2.22 bits per heavy atom. The molecule has 0 aromatic heterocycles. The van der Waals surface area contributed by atoms with Crippen molar-refractivity contribution in [1.82, 2.24) is 0 Å². The van der Waals surface area contributed by atoms with Gasteiger partial charge in [-0.3, -0.25) is 4.79 Å². The van der Waals surface area contributed by atoms with Crippen LogP contribution >= 0.6 is 0 Å². The summed E-state index contributed by atoms with van der Waals surface area (Å²) in [6.45, 7) is 2.04. The van der Waals surface area contributed by atoms with Crippen molar-refractivity contribution in [2.24, 2.45) is 0 Å². The van der Waals surface area contributed by atoms with E-state index in [9.17, 15) is 4.79 Å². The number of rotatable bonds is 3. The third-order valence-corrected chi connectivity index (χ3v) is 2.99.